The molecule has 1 aromatic heterocycles. The summed E-state index contributed by atoms with van der Waals surface area (Å²) in [6.45, 7) is 1.74. The summed E-state index contributed by atoms with van der Waals surface area (Å²) in [4.78, 5) is 19.1. The zero-order valence-corrected chi connectivity index (χ0v) is 13.6. The van der Waals surface area contributed by atoms with Crippen LogP contribution >= 0.6 is 0 Å². The first-order valence-corrected chi connectivity index (χ1v) is 7.63. The van der Waals surface area contributed by atoms with E-state index in [4.69, 9.17) is 4.74 Å². The predicted molar refractivity (Wildman–Crippen MR) is 91.5 cm³/mol. The fourth-order valence-corrected chi connectivity index (χ4v) is 2.31. The van der Waals surface area contributed by atoms with Crippen LogP contribution in [0.25, 0.3) is 10.9 Å². The minimum atomic E-state index is -4.80. The lowest BCUT2D eigenvalue weighted by Crippen LogP contribution is -2.26. The van der Waals surface area contributed by atoms with Crippen LogP contribution in [-0.4, -0.2) is 23.0 Å². The molecule has 0 aliphatic rings. The van der Waals surface area contributed by atoms with Gasteiger partial charge >= 0.3 is 12.3 Å². The first kappa shape index (κ1) is 17.6. The van der Waals surface area contributed by atoms with Gasteiger partial charge in [-0.25, -0.2) is 9.78 Å². The molecule has 2 aromatic carbocycles. The molecule has 0 atom stereocenters. The Balaban J connectivity index is 1.89. The number of rotatable bonds is 2. The Kier molecular flexibility index (Phi) is 4.71. The van der Waals surface area contributed by atoms with Crippen molar-refractivity contribution >= 4 is 22.7 Å². The number of hydrogen-bond acceptors (Lipinski definition) is 3. The molecular formula is C19H13F3N2O2. The number of nitrogens with zero attached hydrogens (tertiary/aromatic N) is 2. The average molecular weight is 358 g/mol. The van der Waals surface area contributed by atoms with Crippen LogP contribution in [0.5, 0.6) is 5.88 Å². The van der Waals surface area contributed by atoms with E-state index in [-0.39, 0.29) is 11.4 Å². The van der Waals surface area contributed by atoms with Crippen molar-refractivity contribution in [2.75, 3.05) is 0 Å². The highest BCUT2D eigenvalue weighted by atomic mass is 19.4. The van der Waals surface area contributed by atoms with Crippen molar-refractivity contribution in [2.45, 2.75) is 13.1 Å². The molecule has 1 heterocycles. The van der Waals surface area contributed by atoms with Crippen molar-refractivity contribution < 1.29 is 22.7 Å². The topological polar surface area (TPSA) is 51.5 Å². The molecule has 0 saturated carbocycles. The number of fused-ring (bicyclic) bond motifs is 1. The highest BCUT2D eigenvalue weighted by Gasteiger charge is 2.37. The van der Waals surface area contributed by atoms with Crippen LogP contribution in [0.1, 0.15) is 11.1 Å². The van der Waals surface area contributed by atoms with Gasteiger partial charge in [0.05, 0.1) is 5.52 Å². The Bertz CT molecular complexity index is 980. The third-order valence-corrected chi connectivity index (χ3v) is 3.56. The van der Waals surface area contributed by atoms with Crippen molar-refractivity contribution in [1.82, 2.24) is 4.98 Å². The monoisotopic (exact) mass is 358 g/mol. The van der Waals surface area contributed by atoms with E-state index in [0.717, 1.165) is 10.9 Å². The molecule has 0 bridgehead atoms. The minimum absolute atomic E-state index is 0.122. The number of carbonyl (C=O) groups excluding carboxylic acids is 1. The SMILES string of the molecule is Cc1ccc(/C(=N/C(=O)Oc2ccc3ccccc3n2)C(F)(F)F)cc1. The molecule has 0 unspecified atom stereocenters. The Hall–Kier alpha value is -3.22. The summed E-state index contributed by atoms with van der Waals surface area (Å²) >= 11 is 0. The Morgan fingerprint density at radius 3 is 2.38 bits per heavy atom. The van der Waals surface area contributed by atoms with Gasteiger partial charge in [-0.1, -0.05) is 48.0 Å². The lowest BCUT2D eigenvalue weighted by atomic mass is 10.1. The van der Waals surface area contributed by atoms with Gasteiger partial charge in [-0.3, -0.25) is 0 Å². The molecule has 132 valence electrons. The molecule has 0 spiro atoms. The van der Waals surface area contributed by atoms with Gasteiger partial charge in [0, 0.05) is 17.0 Å². The largest absolute Gasteiger partial charge is 0.440 e. The number of aliphatic imine (C=N–C) groups is 1. The number of para-hydroxylation sites is 1. The first-order chi connectivity index (χ1) is 12.3. The standard InChI is InChI=1S/C19H13F3N2O2/c1-12-6-8-14(9-7-12)17(19(20,21)22)24-18(25)26-16-11-10-13-4-2-3-5-15(13)23-16/h2-11H,1H3/b24-17-. The fraction of sp³-hybridized carbons (Fsp3) is 0.105. The number of hydrogen-bond donors (Lipinski definition) is 0. The third-order valence-electron chi connectivity index (χ3n) is 3.56. The normalized spacial score (nSPS) is 12.2. The van der Waals surface area contributed by atoms with Gasteiger partial charge in [-0.2, -0.15) is 18.2 Å². The summed E-state index contributed by atoms with van der Waals surface area (Å²) < 4.78 is 44.6. The van der Waals surface area contributed by atoms with Crippen LogP contribution in [0.2, 0.25) is 0 Å². The molecule has 7 heteroatoms. The van der Waals surface area contributed by atoms with Crippen LogP contribution < -0.4 is 4.74 Å². The second kappa shape index (κ2) is 6.95. The van der Waals surface area contributed by atoms with E-state index in [0.29, 0.717) is 5.52 Å². The van der Waals surface area contributed by atoms with Crippen LogP contribution in [0.4, 0.5) is 18.0 Å². The van der Waals surface area contributed by atoms with Crippen LogP contribution in [0.3, 0.4) is 0 Å². The predicted octanol–water partition coefficient (Wildman–Crippen LogP) is 5.09. The van der Waals surface area contributed by atoms with Gasteiger partial charge in [0.15, 0.2) is 5.71 Å². The summed E-state index contributed by atoms with van der Waals surface area (Å²) in [5, 5.41) is 0.812. The molecule has 0 aliphatic carbocycles. The first-order valence-electron chi connectivity index (χ1n) is 7.63. The minimum Gasteiger partial charge on any atom is -0.390 e. The molecular weight excluding hydrogens is 345 g/mol. The van der Waals surface area contributed by atoms with E-state index in [1.165, 1.54) is 30.3 Å². The summed E-state index contributed by atoms with van der Waals surface area (Å²) in [5.41, 5.74) is -0.190. The van der Waals surface area contributed by atoms with Crippen molar-refractivity contribution in [3.05, 3.63) is 71.8 Å². The number of amides is 1. The van der Waals surface area contributed by atoms with Crippen molar-refractivity contribution in [2.24, 2.45) is 4.99 Å². The van der Waals surface area contributed by atoms with Crippen LogP contribution in [0.15, 0.2) is 65.7 Å². The summed E-state index contributed by atoms with van der Waals surface area (Å²) in [5.74, 6) is -0.122. The number of aryl methyl sites for hydroxylation is 1. The van der Waals surface area contributed by atoms with E-state index < -0.39 is 18.0 Å². The highest BCUT2D eigenvalue weighted by Crippen LogP contribution is 2.24. The molecule has 4 nitrogen and oxygen atoms in total. The summed E-state index contributed by atoms with van der Waals surface area (Å²) in [7, 11) is 0. The Morgan fingerprint density at radius 2 is 1.69 bits per heavy atom. The van der Waals surface area contributed by atoms with Gasteiger partial charge in [0.25, 0.3) is 0 Å². The molecule has 0 saturated heterocycles. The van der Waals surface area contributed by atoms with E-state index in [1.54, 1.807) is 25.1 Å². The van der Waals surface area contributed by atoms with Gasteiger partial charge < -0.3 is 4.74 Å². The Labute approximate surface area is 147 Å². The van der Waals surface area contributed by atoms with Gasteiger partial charge in [0.2, 0.25) is 5.88 Å². The smallest absolute Gasteiger partial charge is 0.390 e. The molecule has 3 rings (SSSR count). The number of halogens is 3. The zero-order chi connectivity index (χ0) is 18.7. The lowest BCUT2D eigenvalue weighted by molar-refractivity contribution is -0.0581. The molecule has 0 aliphatic heterocycles. The number of carbonyl (C=O) groups is 1. The maximum atomic E-state index is 13.3. The highest BCUT2D eigenvalue weighted by molar-refractivity contribution is 6.09. The maximum absolute atomic E-state index is 13.3. The molecule has 26 heavy (non-hydrogen) atoms. The average Bonchev–Trinajstić information content (AvgIpc) is 2.59. The molecule has 0 fully saturated rings. The molecule has 0 radical (unpaired) electrons. The second-order valence-electron chi connectivity index (χ2n) is 5.53. The van der Waals surface area contributed by atoms with E-state index in [1.807, 2.05) is 12.1 Å². The van der Waals surface area contributed by atoms with Crippen molar-refractivity contribution in [1.29, 1.82) is 0 Å². The van der Waals surface area contributed by atoms with Gasteiger partial charge in [-0.15, -0.1) is 0 Å². The second-order valence-corrected chi connectivity index (χ2v) is 5.53. The molecule has 1 amide bonds. The van der Waals surface area contributed by atoms with E-state index in [2.05, 4.69) is 9.98 Å². The van der Waals surface area contributed by atoms with E-state index >= 15 is 0 Å². The van der Waals surface area contributed by atoms with Crippen LogP contribution in [-0.2, 0) is 0 Å². The number of alkyl halides is 3. The molecule has 0 N–H and O–H groups in total. The maximum Gasteiger partial charge on any atom is 0.440 e. The summed E-state index contributed by atoms with van der Waals surface area (Å²) in [6.07, 6.45) is -6.19. The summed E-state index contributed by atoms with van der Waals surface area (Å²) in [6, 6.07) is 15.6. The van der Waals surface area contributed by atoms with Gasteiger partial charge in [0.1, 0.15) is 0 Å². The number of pyridine rings is 1. The quantitative estimate of drug-likeness (QED) is 0.599. The fourth-order valence-electron chi connectivity index (χ4n) is 2.31. The molecule has 3 aromatic rings. The number of aromatic nitrogens is 1. The Morgan fingerprint density at radius 1 is 1.00 bits per heavy atom. The third kappa shape index (κ3) is 4.05. The van der Waals surface area contributed by atoms with Crippen molar-refractivity contribution in [3.63, 3.8) is 0 Å². The zero-order valence-electron chi connectivity index (χ0n) is 13.6. The van der Waals surface area contributed by atoms with E-state index in [9.17, 15) is 18.0 Å². The lowest BCUT2D eigenvalue weighted by Gasteiger charge is -2.10. The van der Waals surface area contributed by atoms with Crippen molar-refractivity contribution in [3.8, 4) is 5.88 Å². The van der Waals surface area contributed by atoms with Crippen LogP contribution in [0, 0.1) is 6.92 Å². The van der Waals surface area contributed by atoms with Gasteiger partial charge in [-0.05, 0) is 19.1 Å². The number of benzene rings is 2. The number of ether oxygens (including phenoxy) is 1.